The summed E-state index contributed by atoms with van der Waals surface area (Å²) in [6.45, 7) is 6.49. The Labute approximate surface area is 147 Å². The smallest absolute Gasteiger partial charge is 0.267 e. The lowest BCUT2D eigenvalue weighted by Gasteiger charge is -2.27. The van der Waals surface area contributed by atoms with Gasteiger partial charge in [0.05, 0.1) is 26.0 Å². The van der Waals surface area contributed by atoms with Crippen molar-refractivity contribution in [1.29, 1.82) is 0 Å². The molecule has 1 aromatic carbocycles. The Bertz CT molecular complexity index is 643. The van der Waals surface area contributed by atoms with Crippen molar-refractivity contribution in [2.75, 3.05) is 46.5 Å². The van der Waals surface area contributed by atoms with Crippen molar-refractivity contribution < 1.29 is 19.1 Å². The van der Waals surface area contributed by atoms with Crippen molar-refractivity contribution in [3.05, 3.63) is 29.8 Å². The van der Waals surface area contributed by atoms with Crippen LogP contribution in [0.25, 0.3) is 0 Å². The maximum atomic E-state index is 12.6. The molecule has 0 aromatic heterocycles. The van der Waals surface area contributed by atoms with Gasteiger partial charge in [0.15, 0.2) is 0 Å². The van der Waals surface area contributed by atoms with Gasteiger partial charge in [-0.15, -0.1) is 0 Å². The third-order valence-electron chi connectivity index (χ3n) is 4.58. The van der Waals surface area contributed by atoms with E-state index in [0.29, 0.717) is 13.0 Å². The summed E-state index contributed by atoms with van der Waals surface area (Å²) in [5.74, 6) is 0.580. The van der Waals surface area contributed by atoms with E-state index in [9.17, 15) is 4.79 Å². The third kappa shape index (κ3) is 4.11. The number of carbonyl (C=O) groups is 1. The number of nitrogens with zero attached hydrogens (tertiary/aromatic N) is 2. The lowest BCUT2D eigenvalue weighted by Crippen LogP contribution is -2.48. The van der Waals surface area contributed by atoms with Gasteiger partial charge in [0.1, 0.15) is 5.75 Å². The van der Waals surface area contributed by atoms with Crippen molar-refractivity contribution in [1.82, 2.24) is 10.2 Å². The Morgan fingerprint density at radius 2 is 2.12 bits per heavy atom. The lowest BCUT2D eigenvalue weighted by atomic mass is 9.94. The maximum absolute atomic E-state index is 12.6. The summed E-state index contributed by atoms with van der Waals surface area (Å²) >= 11 is 0. The molecular formula is C18H25N3O4. The second-order valence-corrected chi connectivity index (χ2v) is 6.45. The molecule has 2 aliphatic heterocycles. The average Bonchev–Trinajstić information content (AvgIpc) is 3.06. The zero-order chi connectivity index (χ0) is 17.7. The predicted molar refractivity (Wildman–Crippen MR) is 93.9 cm³/mol. The lowest BCUT2D eigenvalue weighted by molar-refractivity contribution is -0.141. The Hall–Kier alpha value is -2.12. The summed E-state index contributed by atoms with van der Waals surface area (Å²) in [6, 6.07) is 7.60. The molecule has 136 valence electrons. The number of oxime groups is 1. The molecule has 1 atom stereocenters. The highest BCUT2D eigenvalue weighted by Gasteiger charge is 2.42. The molecule has 1 saturated heterocycles. The normalized spacial score (nSPS) is 23.7. The highest BCUT2D eigenvalue weighted by Crippen LogP contribution is 2.30. The van der Waals surface area contributed by atoms with Crippen LogP contribution in [0.15, 0.2) is 29.4 Å². The van der Waals surface area contributed by atoms with Gasteiger partial charge in [0, 0.05) is 38.2 Å². The van der Waals surface area contributed by atoms with Crippen LogP contribution in [0.2, 0.25) is 0 Å². The largest absolute Gasteiger partial charge is 0.496 e. The minimum Gasteiger partial charge on any atom is -0.496 e. The van der Waals surface area contributed by atoms with E-state index in [1.54, 1.807) is 14.0 Å². The summed E-state index contributed by atoms with van der Waals surface area (Å²) in [6.07, 6.45) is 0.413. The van der Waals surface area contributed by atoms with Crippen LogP contribution >= 0.6 is 0 Å². The van der Waals surface area contributed by atoms with Gasteiger partial charge < -0.3 is 19.6 Å². The average molecular weight is 347 g/mol. The van der Waals surface area contributed by atoms with E-state index in [1.165, 1.54) is 0 Å². The minimum absolute atomic E-state index is 0.144. The SMILES string of the molecule is COc1ccccc1C1=NO[C@](C)(C(=O)NCCN2CCOCC2)C1. The van der Waals surface area contributed by atoms with Gasteiger partial charge in [-0.1, -0.05) is 17.3 Å². The van der Waals surface area contributed by atoms with Crippen LogP contribution in [0.3, 0.4) is 0 Å². The molecule has 7 heteroatoms. The maximum Gasteiger partial charge on any atom is 0.267 e. The number of amides is 1. The van der Waals surface area contributed by atoms with Crippen LogP contribution in [0.1, 0.15) is 18.9 Å². The number of carbonyl (C=O) groups excluding carboxylic acids is 1. The van der Waals surface area contributed by atoms with Gasteiger partial charge in [0.2, 0.25) is 5.60 Å². The second-order valence-electron chi connectivity index (χ2n) is 6.45. The molecule has 1 aromatic rings. The number of morpholine rings is 1. The van der Waals surface area contributed by atoms with Gasteiger partial charge in [0.25, 0.3) is 5.91 Å². The highest BCUT2D eigenvalue weighted by atomic mass is 16.7. The van der Waals surface area contributed by atoms with Crippen LogP contribution in [0, 0.1) is 0 Å². The van der Waals surface area contributed by atoms with E-state index in [0.717, 1.165) is 49.9 Å². The number of rotatable bonds is 6. The Kier molecular flexibility index (Phi) is 5.55. The molecule has 0 saturated carbocycles. The quantitative estimate of drug-likeness (QED) is 0.832. The first-order valence-electron chi connectivity index (χ1n) is 8.59. The fourth-order valence-corrected chi connectivity index (χ4v) is 3.03. The molecular weight excluding hydrogens is 322 g/mol. The minimum atomic E-state index is -0.985. The van der Waals surface area contributed by atoms with Gasteiger partial charge in [-0.05, 0) is 19.1 Å². The fraction of sp³-hybridized carbons (Fsp3) is 0.556. The number of benzene rings is 1. The molecule has 0 bridgehead atoms. The first kappa shape index (κ1) is 17.7. The molecule has 0 spiro atoms. The van der Waals surface area contributed by atoms with Gasteiger partial charge in [-0.3, -0.25) is 9.69 Å². The molecule has 3 rings (SSSR count). The van der Waals surface area contributed by atoms with Crippen molar-refractivity contribution in [2.45, 2.75) is 18.9 Å². The van der Waals surface area contributed by atoms with E-state index >= 15 is 0 Å². The summed E-state index contributed by atoms with van der Waals surface area (Å²) in [4.78, 5) is 20.3. The molecule has 1 N–H and O–H groups in total. The van der Waals surface area contributed by atoms with E-state index in [4.69, 9.17) is 14.3 Å². The molecule has 25 heavy (non-hydrogen) atoms. The van der Waals surface area contributed by atoms with E-state index < -0.39 is 5.60 Å². The van der Waals surface area contributed by atoms with Crippen LogP contribution in [0.5, 0.6) is 5.75 Å². The van der Waals surface area contributed by atoms with E-state index in [2.05, 4.69) is 15.4 Å². The molecule has 7 nitrogen and oxygen atoms in total. The third-order valence-corrected chi connectivity index (χ3v) is 4.58. The topological polar surface area (TPSA) is 72.4 Å². The second kappa shape index (κ2) is 7.84. The number of hydrogen-bond donors (Lipinski definition) is 1. The van der Waals surface area contributed by atoms with Gasteiger partial charge in [-0.2, -0.15) is 0 Å². The first-order valence-corrected chi connectivity index (χ1v) is 8.59. The highest BCUT2D eigenvalue weighted by molar-refractivity contribution is 6.07. The monoisotopic (exact) mass is 347 g/mol. The molecule has 0 unspecified atom stereocenters. The fourth-order valence-electron chi connectivity index (χ4n) is 3.03. The van der Waals surface area contributed by atoms with Gasteiger partial charge >= 0.3 is 0 Å². The Balaban J connectivity index is 1.53. The number of nitrogens with one attached hydrogen (secondary N) is 1. The summed E-state index contributed by atoms with van der Waals surface area (Å²) < 4.78 is 10.7. The molecule has 1 amide bonds. The zero-order valence-electron chi connectivity index (χ0n) is 14.8. The van der Waals surface area contributed by atoms with Crippen molar-refractivity contribution >= 4 is 11.6 Å². The van der Waals surface area contributed by atoms with Gasteiger partial charge in [-0.25, -0.2) is 0 Å². The summed E-state index contributed by atoms with van der Waals surface area (Å²) in [5.41, 5.74) is 0.597. The summed E-state index contributed by atoms with van der Waals surface area (Å²) in [7, 11) is 1.62. The Morgan fingerprint density at radius 3 is 2.88 bits per heavy atom. The molecule has 2 heterocycles. The standard InChI is InChI=1S/C18H25N3O4/c1-18(17(22)19-7-8-21-9-11-24-12-10-21)13-15(20-25-18)14-5-3-4-6-16(14)23-2/h3-6H,7-13H2,1-2H3,(H,19,22)/t18-/m0/s1. The number of methoxy groups -OCH3 is 1. The van der Waals surface area contributed by atoms with Crippen LogP contribution < -0.4 is 10.1 Å². The molecule has 1 fully saturated rings. The van der Waals surface area contributed by atoms with Crippen LogP contribution in [0.4, 0.5) is 0 Å². The van der Waals surface area contributed by atoms with Crippen LogP contribution in [-0.4, -0.2) is 68.6 Å². The number of hydrogen-bond acceptors (Lipinski definition) is 6. The predicted octanol–water partition coefficient (Wildman–Crippen LogP) is 1.03. The van der Waals surface area contributed by atoms with Crippen molar-refractivity contribution in [2.24, 2.45) is 5.16 Å². The van der Waals surface area contributed by atoms with E-state index in [1.807, 2.05) is 24.3 Å². The van der Waals surface area contributed by atoms with Crippen molar-refractivity contribution in [3.8, 4) is 5.75 Å². The molecule has 0 radical (unpaired) electrons. The molecule has 0 aliphatic carbocycles. The van der Waals surface area contributed by atoms with Crippen LogP contribution in [-0.2, 0) is 14.4 Å². The first-order chi connectivity index (χ1) is 12.1. The number of ether oxygens (including phenoxy) is 2. The number of para-hydroxylation sites is 1. The summed E-state index contributed by atoms with van der Waals surface area (Å²) in [5, 5.41) is 7.10. The zero-order valence-corrected chi connectivity index (χ0v) is 14.8. The Morgan fingerprint density at radius 1 is 1.36 bits per heavy atom. The van der Waals surface area contributed by atoms with E-state index in [-0.39, 0.29) is 5.91 Å². The molecule has 2 aliphatic rings. The van der Waals surface area contributed by atoms with Crippen molar-refractivity contribution in [3.63, 3.8) is 0 Å².